The summed E-state index contributed by atoms with van der Waals surface area (Å²) in [6.45, 7) is 9.23. The van der Waals surface area contributed by atoms with E-state index in [0.717, 1.165) is 19.4 Å². The molecule has 0 bridgehead atoms. The van der Waals surface area contributed by atoms with Crippen LogP contribution >= 0.6 is 7.14 Å². The summed E-state index contributed by atoms with van der Waals surface area (Å²) >= 11 is 0. The average Bonchev–Trinajstić information content (AvgIpc) is 1.83. The molecule has 0 amide bonds. The van der Waals surface area contributed by atoms with Gasteiger partial charge in [-0.05, 0) is 46.6 Å². The molecule has 0 aromatic carbocycles. The van der Waals surface area contributed by atoms with E-state index < -0.39 is 7.14 Å². The Bertz CT molecular complexity index is 207. The van der Waals surface area contributed by atoms with Crippen LogP contribution in [-0.4, -0.2) is 31.1 Å². The summed E-state index contributed by atoms with van der Waals surface area (Å²) in [4.78, 5) is 0. The van der Waals surface area contributed by atoms with Crippen molar-refractivity contribution in [2.75, 3.05) is 19.9 Å². The Morgan fingerprint density at radius 1 is 1.42 bits per heavy atom. The molecule has 0 spiro atoms. The maximum Gasteiger partial charge on any atom is 0.0849 e. The Morgan fingerprint density at radius 2 is 2.00 bits per heavy atom. The topological polar surface area (TPSA) is 29.1 Å². The van der Waals surface area contributed by atoms with Crippen LogP contribution in [0.4, 0.5) is 0 Å². The number of nitrogens with one attached hydrogen (secondary N) is 1. The molecular weight excluding hydrogens is 169 g/mol. The van der Waals surface area contributed by atoms with Gasteiger partial charge in [0.2, 0.25) is 0 Å². The van der Waals surface area contributed by atoms with Crippen LogP contribution in [0.15, 0.2) is 0 Å². The molecule has 0 saturated carbocycles. The number of hydrogen-bond donors (Lipinski definition) is 1. The summed E-state index contributed by atoms with van der Waals surface area (Å²) in [6, 6.07) is 0. The summed E-state index contributed by atoms with van der Waals surface area (Å²) in [5.74, 6) is 0. The van der Waals surface area contributed by atoms with E-state index in [9.17, 15) is 4.57 Å². The predicted molar refractivity (Wildman–Crippen MR) is 54.6 cm³/mol. The lowest BCUT2D eigenvalue weighted by Crippen LogP contribution is -2.47. The fourth-order valence-corrected chi connectivity index (χ4v) is 3.52. The highest BCUT2D eigenvalue weighted by molar-refractivity contribution is 7.63. The molecule has 12 heavy (non-hydrogen) atoms. The SMILES string of the molecule is CC1(C)CC(P(C)(C)=O)CCN1. The molecule has 1 N–H and O–H groups in total. The van der Waals surface area contributed by atoms with Crippen LogP contribution < -0.4 is 5.32 Å². The first-order valence-corrected chi connectivity index (χ1v) is 7.28. The summed E-state index contributed by atoms with van der Waals surface area (Å²) < 4.78 is 11.8. The zero-order chi connectivity index (χ0) is 9.41. The third kappa shape index (κ3) is 2.60. The smallest absolute Gasteiger partial charge is 0.0849 e. The maximum atomic E-state index is 11.8. The summed E-state index contributed by atoms with van der Waals surface area (Å²) in [5, 5.41) is 3.44. The van der Waals surface area contributed by atoms with E-state index in [1.807, 2.05) is 13.3 Å². The maximum absolute atomic E-state index is 11.8. The summed E-state index contributed by atoms with van der Waals surface area (Å²) in [6.07, 6.45) is 2.13. The Hall–Kier alpha value is 0.190. The molecule has 1 saturated heterocycles. The van der Waals surface area contributed by atoms with Crippen LogP contribution in [0, 0.1) is 0 Å². The standard InChI is InChI=1S/C9H20NOP/c1-9(2)7-8(5-6-10-9)12(3,4)11/h8,10H,5-7H2,1-4H3. The second-order valence-corrected chi connectivity index (χ2v) is 8.49. The van der Waals surface area contributed by atoms with Gasteiger partial charge in [-0.2, -0.15) is 0 Å². The van der Waals surface area contributed by atoms with E-state index in [2.05, 4.69) is 19.2 Å². The monoisotopic (exact) mass is 189 g/mol. The largest absolute Gasteiger partial charge is 0.324 e. The van der Waals surface area contributed by atoms with E-state index in [1.165, 1.54) is 0 Å². The van der Waals surface area contributed by atoms with Crippen LogP contribution in [0.1, 0.15) is 26.7 Å². The zero-order valence-corrected chi connectivity index (χ0v) is 9.45. The molecular formula is C9H20NOP. The van der Waals surface area contributed by atoms with Crippen molar-refractivity contribution in [3.05, 3.63) is 0 Å². The van der Waals surface area contributed by atoms with E-state index >= 15 is 0 Å². The minimum absolute atomic E-state index is 0.185. The molecule has 1 atom stereocenters. The van der Waals surface area contributed by atoms with Crippen molar-refractivity contribution in [1.29, 1.82) is 0 Å². The molecule has 72 valence electrons. The highest BCUT2D eigenvalue weighted by atomic mass is 31.2. The van der Waals surface area contributed by atoms with Gasteiger partial charge in [-0.25, -0.2) is 0 Å². The van der Waals surface area contributed by atoms with Gasteiger partial charge in [0.05, 0.1) is 7.14 Å². The molecule has 1 heterocycles. The lowest BCUT2D eigenvalue weighted by molar-refractivity contribution is 0.304. The van der Waals surface area contributed by atoms with Gasteiger partial charge in [0, 0.05) is 11.2 Å². The van der Waals surface area contributed by atoms with Crippen molar-refractivity contribution in [3.63, 3.8) is 0 Å². The van der Waals surface area contributed by atoms with Crippen LogP contribution in [0.5, 0.6) is 0 Å². The van der Waals surface area contributed by atoms with Crippen molar-refractivity contribution < 1.29 is 4.57 Å². The lowest BCUT2D eigenvalue weighted by atomic mass is 9.93. The Kier molecular flexibility index (Phi) is 2.70. The van der Waals surface area contributed by atoms with Gasteiger partial charge in [-0.1, -0.05) is 0 Å². The number of hydrogen-bond acceptors (Lipinski definition) is 2. The lowest BCUT2D eigenvalue weighted by Gasteiger charge is -2.38. The molecule has 2 nitrogen and oxygen atoms in total. The van der Waals surface area contributed by atoms with E-state index in [0.29, 0.717) is 5.66 Å². The first-order chi connectivity index (χ1) is 5.31. The Labute approximate surface area is 75.5 Å². The molecule has 3 heteroatoms. The quantitative estimate of drug-likeness (QED) is 0.640. The van der Waals surface area contributed by atoms with E-state index in [1.54, 1.807) is 0 Å². The first kappa shape index (κ1) is 10.3. The van der Waals surface area contributed by atoms with Crippen LogP contribution in [0.25, 0.3) is 0 Å². The van der Waals surface area contributed by atoms with Gasteiger partial charge in [0.25, 0.3) is 0 Å². The fraction of sp³-hybridized carbons (Fsp3) is 1.00. The van der Waals surface area contributed by atoms with Crippen molar-refractivity contribution >= 4 is 7.14 Å². The zero-order valence-electron chi connectivity index (χ0n) is 8.55. The highest BCUT2D eigenvalue weighted by Crippen LogP contribution is 2.48. The summed E-state index contributed by atoms with van der Waals surface area (Å²) in [7, 11) is -1.86. The van der Waals surface area contributed by atoms with Gasteiger partial charge in [0.1, 0.15) is 0 Å². The number of piperidine rings is 1. The molecule has 1 aliphatic heterocycles. The minimum atomic E-state index is -1.86. The molecule has 0 aliphatic carbocycles. The van der Waals surface area contributed by atoms with Crippen LogP contribution in [0.3, 0.4) is 0 Å². The number of rotatable bonds is 1. The van der Waals surface area contributed by atoms with Crippen molar-refractivity contribution in [3.8, 4) is 0 Å². The molecule has 1 rings (SSSR count). The summed E-state index contributed by atoms with van der Waals surface area (Å²) in [5.41, 5.74) is 0.624. The van der Waals surface area contributed by atoms with Crippen LogP contribution in [0.2, 0.25) is 0 Å². The fourth-order valence-electron chi connectivity index (χ4n) is 1.87. The Morgan fingerprint density at radius 3 is 2.33 bits per heavy atom. The third-order valence-electron chi connectivity index (χ3n) is 2.71. The van der Waals surface area contributed by atoms with Gasteiger partial charge >= 0.3 is 0 Å². The van der Waals surface area contributed by atoms with Crippen molar-refractivity contribution in [1.82, 2.24) is 5.32 Å². The normalized spacial score (nSPS) is 30.2. The van der Waals surface area contributed by atoms with Gasteiger partial charge in [0.15, 0.2) is 0 Å². The minimum Gasteiger partial charge on any atom is -0.324 e. The molecule has 0 aromatic heterocycles. The molecule has 1 fully saturated rings. The first-order valence-electron chi connectivity index (χ1n) is 4.61. The van der Waals surface area contributed by atoms with Crippen LogP contribution in [-0.2, 0) is 4.57 Å². The van der Waals surface area contributed by atoms with Crippen molar-refractivity contribution in [2.45, 2.75) is 37.9 Å². The highest BCUT2D eigenvalue weighted by Gasteiger charge is 2.33. The van der Waals surface area contributed by atoms with Gasteiger partial charge < -0.3 is 9.88 Å². The molecule has 0 radical (unpaired) electrons. The molecule has 1 aliphatic rings. The second-order valence-electron chi connectivity index (χ2n) is 4.89. The Balaban J connectivity index is 2.65. The van der Waals surface area contributed by atoms with E-state index in [4.69, 9.17) is 0 Å². The molecule has 1 unspecified atom stereocenters. The molecule has 0 aromatic rings. The van der Waals surface area contributed by atoms with E-state index in [-0.39, 0.29) is 5.54 Å². The van der Waals surface area contributed by atoms with Gasteiger partial charge in [-0.3, -0.25) is 0 Å². The second kappa shape index (κ2) is 3.16. The third-order valence-corrected chi connectivity index (χ3v) is 4.91. The van der Waals surface area contributed by atoms with Crippen molar-refractivity contribution in [2.24, 2.45) is 0 Å². The predicted octanol–water partition coefficient (Wildman–Crippen LogP) is 2.14. The van der Waals surface area contributed by atoms with Gasteiger partial charge in [-0.15, -0.1) is 0 Å². The average molecular weight is 189 g/mol.